The van der Waals surface area contributed by atoms with Crippen LogP contribution < -0.4 is 9.47 Å². The highest BCUT2D eigenvalue weighted by Gasteiger charge is 2.78. The van der Waals surface area contributed by atoms with Gasteiger partial charge < -0.3 is 33.3 Å². The maximum atomic E-state index is 13.6. The number of rotatable bonds is 11. The molecule has 43 heavy (non-hydrogen) atoms. The molecule has 0 aromatic heterocycles. The summed E-state index contributed by atoms with van der Waals surface area (Å²) in [6.07, 6.45) is -1.72. The molecule has 5 rings (SSSR count). The van der Waals surface area contributed by atoms with E-state index in [0.717, 1.165) is 5.56 Å². The Bertz CT molecular complexity index is 1260. The van der Waals surface area contributed by atoms with Gasteiger partial charge in [0.2, 0.25) is 0 Å². The van der Waals surface area contributed by atoms with Crippen LogP contribution in [0.15, 0.2) is 12.1 Å². The summed E-state index contributed by atoms with van der Waals surface area (Å²) >= 11 is 17.2. The third-order valence-electron chi connectivity index (χ3n) is 8.77. The summed E-state index contributed by atoms with van der Waals surface area (Å²) in [5.74, 6) is 0.608. The molecular formula is C29H34Cl3NO10. The molecule has 1 amide bonds. The maximum Gasteiger partial charge on any atom is 0.513 e. The molecule has 1 spiro atoms. The zero-order valence-corrected chi connectivity index (χ0v) is 26.0. The molecule has 0 unspecified atom stereocenters. The quantitative estimate of drug-likeness (QED) is 0.101. The highest BCUT2D eigenvalue weighted by molar-refractivity contribution is 6.18. The van der Waals surface area contributed by atoms with Crippen LogP contribution in [0.5, 0.6) is 11.5 Å². The molecule has 11 nitrogen and oxygen atoms in total. The maximum absolute atomic E-state index is 13.6. The molecule has 1 saturated carbocycles. The topological polar surface area (TPSA) is 127 Å². The van der Waals surface area contributed by atoms with Gasteiger partial charge in [0.25, 0.3) is 0 Å². The lowest BCUT2D eigenvalue weighted by molar-refractivity contribution is -0.206. The van der Waals surface area contributed by atoms with E-state index in [1.165, 1.54) is 0 Å². The Balaban J connectivity index is 1.61. The van der Waals surface area contributed by atoms with Crippen LogP contribution >= 0.6 is 34.8 Å². The lowest BCUT2D eigenvalue weighted by atomic mass is 9.45. The molecular weight excluding hydrogens is 629 g/mol. The van der Waals surface area contributed by atoms with Crippen LogP contribution in [0.25, 0.3) is 0 Å². The van der Waals surface area contributed by atoms with Crippen molar-refractivity contribution < 1.29 is 47.6 Å². The minimum atomic E-state index is -1.41. The summed E-state index contributed by atoms with van der Waals surface area (Å²) in [6, 6.07) is 2.66. The second kappa shape index (κ2) is 13.2. The van der Waals surface area contributed by atoms with E-state index in [1.54, 1.807) is 17.0 Å². The molecule has 2 aliphatic carbocycles. The van der Waals surface area contributed by atoms with E-state index in [9.17, 15) is 19.2 Å². The van der Waals surface area contributed by atoms with Gasteiger partial charge in [0.05, 0.1) is 31.3 Å². The van der Waals surface area contributed by atoms with Crippen molar-refractivity contribution >= 4 is 59.0 Å². The number of hydrogen-bond acceptors (Lipinski definition) is 10. The Labute approximate surface area is 264 Å². The van der Waals surface area contributed by atoms with Crippen molar-refractivity contribution in [3.63, 3.8) is 0 Å². The van der Waals surface area contributed by atoms with Crippen LogP contribution in [0.4, 0.5) is 14.4 Å². The zero-order valence-electron chi connectivity index (χ0n) is 23.7. The first kappa shape index (κ1) is 31.8. The fourth-order valence-corrected chi connectivity index (χ4v) is 7.58. The fourth-order valence-electron chi connectivity index (χ4n) is 7.25. The fraction of sp³-hybridized carbons (Fsp3) is 0.655. The largest absolute Gasteiger partial charge is 0.513 e. The van der Waals surface area contributed by atoms with Crippen LogP contribution in [0.2, 0.25) is 0 Å². The van der Waals surface area contributed by atoms with Crippen molar-refractivity contribution in [2.75, 3.05) is 44.0 Å². The van der Waals surface area contributed by atoms with E-state index >= 15 is 0 Å². The van der Waals surface area contributed by atoms with Gasteiger partial charge in [-0.3, -0.25) is 4.79 Å². The minimum Gasteiger partial charge on any atom is -0.477 e. The van der Waals surface area contributed by atoms with Gasteiger partial charge in [0.1, 0.15) is 0 Å². The Morgan fingerprint density at radius 1 is 0.977 bits per heavy atom. The third kappa shape index (κ3) is 5.35. The van der Waals surface area contributed by atoms with Crippen molar-refractivity contribution in [2.24, 2.45) is 5.92 Å². The van der Waals surface area contributed by atoms with Crippen LogP contribution in [0.1, 0.15) is 50.2 Å². The second-order valence-corrected chi connectivity index (χ2v) is 12.2. The number of carbonyl (C=O) groups is 4. The summed E-state index contributed by atoms with van der Waals surface area (Å²) in [5, 5.41) is 0. The summed E-state index contributed by atoms with van der Waals surface area (Å²) in [7, 11) is 0. The molecule has 2 aliphatic heterocycles. The third-order valence-corrected chi connectivity index (χ3v) is 9.58. The standard InChI is InChI=1S/C29H34Cl3NO10/c1-17-16-33(25(35)38-12-2-9-30)21-15-18-5-6-20(41-26(36)39-13-3-10-31)23-22(18)29(17)24(42-23)19(34)7-8-28(21,29)43-27(37)40-14-4-11-32/h5-6,17,21,24H,2-4,7-16H2,1H3/t17-,21+,24-,28+,29-/m0/s1. The van der Waals surface area contributed by atoms with Gasteiger partial charge >= 0.3 is 18.4 Å². The number of likely N-dealkylation sites (tertiary alicyclic amines) is 1. The molecule has 1 aromatic carbocycles. The van der Waals surface area contributed by atoms with E-state index in [4.69, 9.17) is 63.2 Å². The van der Waals surface area contributed by atoms with Crippen molar-refractivity contribution in [1.29, 1.82) is 0 Å². The van der Waals surface area contributed by atoms with Crippen molar-refractivity contribution in [1.82, 2.24) is 4.90 Å². The lowest BCUT2D eigenvalue weighted by Crippen LogP contribution is -2.80. The molecule has 1 aromatic rings. The minimum absolute atomic E-state index is 0.0275. The number of Topliss-reactive ketones (excluding diaryl/α,β-unsaturated/α-hetero) is 1. The lowest BCUT2D eigenvalue weighted by Gasteiger charge is -2.65. The molecule has 1 saturated heterocycles. The first-order valence-electron chi connectivity index (χ1n) is 14.4. The van der Waals surface area contributed by atoms with Crippen LogP contribution in [-0.2, 0) is 35.6 Å². The average molecular weight is 663 g/mol. The van der Waals surface area contributed by atoms with Crippen LogP contribution in [0.3, 0.4) is 0 Å². The summed E-state index contributed by atoms with van der Waals surface area (Å²) in [5.41, 5.74) is -1.20. The van der Waals surface area contributed by atoms with Crippen molar-refractivity contribution in [3.05, 3.63) is 23.3 Å². The number of nitrogens with zero attached hydrogens (tertiary/aromatic N) is 1. The van der Waals surface area contributed by atoms with E-state index in [-0.39, 0.29) is 62.9 Å². The van der Waals surface area contributed by atoms with Crippen LogP contribution in [-0.4, -0.2) is 90.8 Å². The first-order valence-corrected chi connectivity index (χ1v) is 16.0. The molecule has 236 valence electrons. The number of benzene rings is 1. The molecule has 2 heterocycles. The molecule has 5 atom stereocenters. The Kier molecular flexibility index (Phi) is 9.73. The van der Waals surface area contributed by atoms with Crippen molar-refractivity contribution in [3.8, 4) is 11.5 Å². The highest BCUT2D eigenvalue weighted by Crippen LogP contribution is 2.67. The van der Waals surface area contributed by atoms with E-state index < -0.39 is 47.5 Å². The van der Waals surface area contributed by atoms with Gasteiger partial charge in [-0.05, 0) is 49.7 Å². The number of halogens is 3. The normalized spacial score (nSPS) is 28.0. The van der Waals surface area contributed by atoms with Gasteiger partial charge in [0.15, 0.2) is 29.0 Å². The van der Waals surface area contributed by atoms with E-state index in [2.05, 4.69) is 0 Å². The molecule has 2 bridgehead atoms. The molecule has 14 heteroatoms. The number of piperidine rings is 1. The van der Waals surface area contributed by atoms with E-state index in [1.807, 2.05) is 6.92 Å². The number of alkyl halides is 3. The van der Waals surface area contributed by atoms with Gasteiger partial charge in [0, 0.05) is 36.2 Å². The highest BCUT2D eigenvalue weighted by atomic mass is 35.5. The molecule has 4 aliphatic rings. The monoisotopic (exact) mass is 661 g/mol. The number of amides is 1. The Morgan fingerprint density at radius 2 is 1.63 bits per heavy atom. The summed E-state index contributed by atoms with van der Waals surface area (Å²) < 4.78 is 34.3. The second-order valence-electron chi connectivity index (χ2n) is 11.1. The SMILES string of the molecule is C[C@H]1CN(C(=O)OCCCCl)[C@@H]2Cc3ccc(OC(=O)OCCCCl)c4c3[C@]13[C@@H](O4)C(=O)CC[C@@]23OC(=O)OCCCCl. The summed E-state index contributed by atoms with van der Waals surface area (Å²) in [6.45, 7) is 2.34. The first-order chi connectivity index (χ1) is 20.7. The predicted octanol–water partition coefficient (Wildman–Crippen LogP) is 5.36. The van der Waals surface area contributed by atoms with Crippen molar-refractivity contribution in [2.45, 2.75) is 68.6 Å². The average Bonchev–Trinajstić information content (AvgIpc) is 3.36. The number of ketones is 1. The zero-order chi connectivity index (χ0) is 30.8. The summed E-state index contributed by atoms with van der Waals surface area (Å²) in [4.78, 5) is 54.4. The van der Waals surface area contributed by atoms with Gasteiger partial charge in [-0.25, -0.2) is 14.4 Å². The van der Waals surface area contributed by atoms with Gasteiger partial charge in [-0.2, -0.15) is 0 Å². The molecule has 0 radical (unpaired) electrons. The predicted molar refractivity (Wildman–Crippen MR) is 155 cm³/mol. The molecule has 0 N–H and O–H groups in total. The number of carbonyl (C=O) groups excluding carboxylic acids is 4. The Hall–Kier alpha value is -2.63. The van der Waals surface area contributed by atoms with E-state index in [0.29, 0.717) is 42.5 Å². The number of ether oxygens (including phenoxy) is 6. The number of hydrogen-bond donors (Lipinski definition) is 0. The van der Waals surface area contributed by atoms with Gasteiger partial charge in [-0.1, -0.05) is 13.0 Å². The van der Waals surface area contributed by atoms with Gasteiger partial charge in [-0.15, -0.1) is 34.8 Å². The molecule has 2 fully saturated rings. The van der Waals surface area contributed by atoms with Crippen LogP contribution in [0, 0.1) is 5.92 Å². The smallest absolute Gasteiger partial charge is 0.477 e. The Morgan fingerprint density at radius 3 is 2.30 bits per heavy atom.